The van der Waals surface area contributed by atoms with E-state index in [1.807, 2.05) is 0 Å². The average Bonchev–Trinajstić information content (AvgIpc) is 2.35. The van der Waals surface area contributed by atoms with Crippen molar-refractivity contribution in [3.8, 4) is 6.07 Å². The zero-order valence-corrected chi connectivity index (χ0v) is 8.98. The SMILES string of the molecule is N#CCC(C(=O)c1ccccc1)([N+](=O)[O-])[N+](=O)[O-]. The summed E-state index contributed by atoms with van der Waals surface area (Å²) in [6.07, 6.45) is -1.12. The molecule has 0 saturated carbocycles. The number of hydrogen-bond donors (Lipinski definition) is 0. The Morgan fingerprint density at radius 1 is 1.22 bits per heavy atom. The van der Waals surface area contributed by atoms with E-state index in [0.717, 1.165) is 0 Å². The minimum absolute atomic E-state index is 0.179. The van der Waals surface area contributed by atoms with Crippen molar-refractivity contribution in [3.05, 3.63) is 56.1 Å². The number of benzene rings is 1. The molecule has 0 aromatic heterocycles. The number of ketones is 1. The fourth-order valence-electron chi connectivity index (χ4n) is 1.37. The van der Waals surface area contributed by atoms with E-state index >= 15 is 0 Å². The summed E-state index contributed by atoms with van der Waals surface area (Å²) in [5.41, 5.74) is -3.32. The van der Waals surface area contributed by atoms with Crippen LogP contribution in [-0.4, -0.2) is 21.3 Å². The van der Waals surface area contributed by atoms with Crippen molar-refractivity contribution in [2.45, 2.75) is 12.1 Å². The molecule has 18 heavy (non-hydrogen) atoms. The topological polar surface area (TPSA) is 127 Å². The Balaban J connectivity index is 3.37. The molecule has 0 aliphatic rings. The lowest BCUT2D eigenvalue weighted by Crippen LogP contribution is -2.53. The van der Waals surface area contributed by atoms with E-state index in [1.54, 1.807) is 6.07 Å². The van der Waals surface area contributed by atoms with Crippen LogP contribution in [0.4, 0.5) is 0 Å². The second-order valence-electron chi connectivity index (χ2n) is 3.36. The van der Waals surface area contributed by atoms with Gasteiger partial charge in [0.25, 0.3) is 0 Å². The molecule has 1 aromatic carbocycles. The lowest BCUT2D eigenvalue weighted by Gasteiger charge is -2.12. The zero-order valence-electron chi connectivity index (χ0n) is 8.98. The second-order valence-corrected chi connectivity index (χ2v) is 3.36. The lowest BCUT2D eigenvalue weighted by molar-refractivity contribution is -0.772. The molecule has 0 aliphatic carbocycles. The van der Waals surface area contributed by atoms with Gasteiger partial charge < -0.3 is 0 Å². The van der Waals surface area contributed by atoms with Crippen LogP contribution in [0, 0.1) is 31.6 Å². The third-order valence-electron chi connectivity index (χ3n) is 2.33. The Morgan fingerprint density at radius 2 is 1.72 bits per heavy atom. The van der Waals surface area contributed by atoms with Gasteiger partial charge in [-0.05, 0) is 0 Å². The maximum absolute atomic E-state index is 11.9. The summed E-state index contributed by atoms with van der Waals surface area (Å²) < 4.78 is 0. The van der Waals surface area contributed by atoms with Crippen molar-refractivity contribution in [3.63, 3.8) is 0 Å². The lowest BCUT2D eigenvalue weighted by atomic mass is 9.96. The van der Waals surface area contributed by atoms with Gasteiger partial charge in [0, 0.05) is 5.56 Å². The maximum Gasteiger partial charge on any atom is 0.532 e. The monoisotopic (exact) mass is 249 g/mol. The van der Waals surface area contributed by atoms with Crippen LogP contribution < -0.4 is 0 Å². The molecule has 0 aliphatic heterocycles. The highest BCUT2D eigenvalue weighted by Crippen LogP contribution is 2.22. The first-order chi connectivity index (χ1) is 8.46. The maximum atomic E-state index is 11.9. The number of Topliss-reactive ketones (excluding diaryl/α,β-unsaturated/α-hetero) is 1. The fourth-order valence-corrected chi connectivity index (χ4v) is 1.37. The van der Waals surface area contributed by atoms with Gasteiger partial charge in [-0.25, -0.2) is 0 Å². The fraction of sp³-hybridized carbons (Fsp3) is 0.200. The summed E-state index contributed by atoms with van der Waals surface area (Å²) in [5, 5.41) is 30.2. The standard InChI is InChI=1S/C10H7N3O5/c11-7-6-10(12(15)16,13(17)18)9(14)8-4-2-1-3-5-8/h1-5H,6H2. The van der Waals surface area contributed by atoms with Gasteiger partial charge in [-0.2, -0.15) is 5.26 Å². The number of rotatable bonds is 5. The second kappa shape index (κ2) is 5.01. The first kappa shape index (κ1) is 13.2. The highest BCUT2D eigenvalue weighted by molar-refractivity contribution is 6.01. The molecular weight excluding hydrogens is 242 g/mol. The molecular formula is C10H7N3O5. The highest BCUT2D eigenvalue weighted by atomic mass is 16.7. The summed E-state index contributed by atoms with van der Waals surface area (Å²) in [7, 11) is 0. The Hall–Kier alpha value is -2.82. The van der Waals surface area contributed by atoms with Crippen LogP contribution in [-0.2, 0) is 0 Å². The number of nitriles is 1. The Labute approximate surface area is 101 Å². The van der Waals surface area contributed by atoms with Crippen LogP contribution in [0.15, 0.2) is 30.3 Å². The summed E-state index contributed by atoms with van der Waals surface area (Å²) >= 11 is 0. The molecule has 0 bridgehead atoms. The molecule has 0 radical (unpaired) electrons. The number of nitro groups is 2. The molecule has 0 heterocycles. The van der Waals surface area contributed by atoms with Gasteiger partial charge >= 0.3 is 11.4 Å². The predicted octanol–water partition coefficient (Wildman–Crippen LogP) is 1.03. The molecule has 92 valence electrons. The van der Waals surface area contributed by atoms with E-state index < -0.39 is 27.7 Å². The largest absolute Gasteiger partial charge is 0.532 e. The van der Waals surface area contributed by atoms with E-state index in [9.17, 15) is 25.0 Å². The normalized spacial score (nSPS) is 10.4. The Morgan fingerprint density at radius 3 is 2.11 bits per heavy atom. The van der Waals surface area contributed by atoms with Gasteiger partial charge in [-0.1, -0.05) is 30.3 Å². The third-order valence-corrected chi connectivity index (χ3v) is 2.33. The highest BCUT2D eigenvalue weighted by Gasteiger charge is 2.64. The Kier molecular flexibility index (Phi) is 3.68. The molecule has 8 nitrogen and oxygen atoms in total. The smallest absolute Gasteiger partial charge is 0.277 e. The number of hydrogen-bond acceptors (Lipinski definition) is 6. The van der Waals surface area contributed by atoms with E-state index in [2.05, 4.69) is 0 Å². The van der Waals surface area contributed by atoms with Crippen LogP contribution in [0.3, 0.4) is 0 Å². The van der Waals surface area contributed by atoms with Crippen molar-refractivity contribution in [1.29, 1.82) is 5.26 Å². The first-order valence-corrected chi connectivity index (χ1v) is 4.72. The molecule has 1 rings (SSSR count). The molecule has 0 fully saturated rings. The van der Waals surface area contributed by atoms with E-state index in [-0.39, 0.29) is 5.56 Å². The number of carbonyl (C=O) groups excluding carboxylic acids is 1. The van der Waals surface area contributed by atoms with E-state index in [4.69, 9.17) is 5.26 Å². The van der Waals surface area contributed by atoms with Crippen LogP contribution in [0.2, 0.25) is 0 Å². The van der Waals surface area contributed by atoms with E-state index in [0.29, 0.717) is 0 Å². The van der Waals surface area contributed by atoms with Gasteiger partial charge in [-0.3, -0.25) is 25.0 Å². The van der Waals surface area contributed by atoms with E-state index in [1.165, 1.54) is 30.3 Å². The van der Waals surface area contributed by atoms with Crippen molar-refractivity contribution < 1.29 is 14.6 Å². The number of carbonyl (C=O) groups is 1. The summed E-state index contributed by atoms with van der Waals surface area (Å²) in [5.74, 6) is -1.31. The third kappa shape index (κ3) is 2.01. The van der Waals surface area contributed by atoms with Crippen molar-refractivity contribution >= 4 is 5.78 Å². The van der Waals surface area contributed by atoms with Gasteiger partial charge in [0.15, 0.2) is 6.42 Å². The summed E-state index contributed by atoms with van der Waals surface area (Å²) in [6, 6.07) is 8.16. The van der Waals surface area contributed by atoms with Crippen LogP contribution in [0.5, 0.6) is 0 Å². The number of nitrogens with zero attached hydrogens (tertiary/aromatic N) is 3. The van der Waals surface area contributed by atoms with Crippen LogP contribution in [0.1, 0.15) is 16.8 Å². The summed E-state index contributed by atoms with van der Waals surface area (Å²) in [4.78, 5) is 31.0. The molecule has 0 atom stereocenters. The van der Waals surface area contributed by atoms with Crippen LogP contribution in [0.25, 0.3) is 0 Å². The zero-order chi connectivity index (χ0) is 13.8. The molecule has 0 unspecified atom stereocenters. The Bertz CT molecular complexity index is 520. The molecule has 0 N–H and O–H groups in total. The van der Waals surface area contributed by atoms with Crippen molar-refractivity contribution in [2.75, 3.05) is 0 Å². The minimum Gasteiger partial charge on any atom is -0.277 e. The van der Waals surface area contributed by atoms with Gasteiger partial charge in [0.2, 0.25) is 0 Å². The van der Waals surface area contributed by atoms with Gasteiger partial charge in [0.1, 0.15) is 9.85 Å². The first-order valence-electron chi connectivity index (χ1n) is 4.72. The molecule has 0 spiro atoms. The average molecular weight is 249 g/mol. The quantitative estimate of drug-likeness (QED) is 0.332. The van der Waals surface area contributed by atoms with Gasteiger partial charge in [-0.15, -0.1) is 0 Å². The molecule has 0 saturated heterocycles. The molecule has 8 heteroatoms. The minimum atomic E-state index is -3.14. The van der Waals surface area contributed by atoms with Gasteiger partial charge in [0.05, 0.1) is 6.07 Å². The van der Waals surface area contributed by atoms with Crippen molar-refractivity contribution in [2.24, 2.45) is 0 Å². The molecule has 0 amide bonds. The van der Waals surface area contributed by atoms with Crippen molar-refractivity contribution in [1.82, 2.24) is 0 Å². The summed E-state index contributed by atoms with van der Waals surface area (Å²) in [6.45, 7) is 0. The predicted molar refractivity (Wildman–Crippen MR) is 57.7 cm³/mol. The molecule has 1 aromatic rings. The van der Waals surface area contributed by atoms with Crippen LogP contribution >= 0.6 is 0 Å².